The normalized spacial score (nSPS) is 19.1. The second-order valence-electron chi connectivity index (χ2n) is 5.24. The van der Waals surface area contributed by atoms with Gasteiger partial charge >= 0.3 is 0 Å². The summed E-state index contributed by atoms with van der Waals surface area (Å²) >= 11 is 0. The standard InChI is InChI=1S/C14H16N6O/c15-11-5-9(14-16-8-17-19-14)6-12-10(11)7-18-20(12)13-3-1-2-4-21-13/h5-8,13H,1-4,15H2,(H,16,17,19). The van der Waals surface area contributed by atoms with Crippen LogP contribution in [0.3, 0.4) is 0 Å². The van der Waals surface area contributed by atoms with E-state index in [1.165, 1.54) is 6.33 Å². The Kier molecular flexibility index (Phi) is 2.85. The third kappa shape index (κ3) is 2.06. The topological polar surface area (TPSA) is 94.6 Å². The van der Waals surface area contributed by atoms with Crippen molar-refractivity contribution in [3.05, 3.63) is 24.7 Å². The number of aromatic amines is 1. The summed E-state index contributed by atoms with van der Waals surface area (Å²) in [6.07, 6.45) is 6.51. The van der Waals surface area contributed by atoms with Gasteiger partial charge in [-0.1, -0.05) is 0 Å². The third-order valence-corrected chi connectivity index (χ3v) is 3.87. The molecule has 1 aliphatic rings. The van der Waals surface area contributed by atoms with Crippen molar-refractivity contribution in [2.24, 2.45) is 0 Å². The predicted octanol–water partition coefficient (Wildman–Crippen LogP) is 2.10. The maximum Gasteiger partial charge on any atom is 0.155 e. The van der Waals surface area contributed by atoms with Crippen molar-refractivity contribution in [2.45, 2.75) is 25.5 Å². The molecule has 3 heterocycles. The number of nitrogens with one attached hydrogen (secondary N) is 1. The Morgan fingerprint density at radius 2 is 2.29 bits per heavy atom. The number of ether oxygens (including phenoxy) is 1. The average Bonchev–Trinajstić information content (AvgIpc) is 3.18. The van der Waals surface area contributed by atoms with Crippen molar-refractivity contribution in [1.82, 2.24) is 25.0 Å². The van der Waals surface area contributed by atoms with Gasteiger partial charge in [0.2, 0.25) is 0 Å². The zero-order valence-electron chi connectivity index (χ0n) is 11.5. The molecule has 4 rings (SSSR count). The van der Waals surface area contributed by atoms with Crippen molar-refractivity contribution >= 4 is 16.6 Å². The number of fused-ring (bicyclic) bond motifs is 1. The van der Waals surface area contributed by atoms with Crippen LogP contribution in [0.5, 0.6) is 0 Å². The molecule has 7 heteroatoms. The highest BCUT2D eigenvalue weighted by atomic mass is 16.5. The number of aromatic nitrogens is 5. The van der Waals surface area contributed by atoms with Gasteiger partial charge < -0.3 is 10.5 Å². The third-order valence-electron chi connectivity index (χ3n) is 3.87. The zero-order valence-corrected chi connectivity index (χ0v) is 11.5. The van der Waals surface area contributed by atoms with E-state index < -0.39 is 0 Å². The molecule has 108 valence electrons. The monoisotopic (exact) mass is 284 g/mol. The Labute approximate surface area is 121 Å². The lowest BCUT2D eigenvalue weighted by Gasteiger charge is -2.23. The van der Waals surface area contributed by atoms with Crippen LogP contribution in [-0.4, -0.2) is 31.6 Å². The van der Waals surface area contributed by atoms with E-state index in [0.29, 0.717) is 11.5 Å². The van der Waals surface area contributed by atoms with Crippen LogP contribution in [-0.2, 0) is 4.74 Å². The first-order valence-electron chi connectivity index (χ1n) is 7.07. The SMILES string of the molecule is Nc1cc(-c2ncn[nH]2)cc2c1cnn2C1CCCCO1. The lowest BCUT2D eigenvalue weighted by molar-refractivity contribution is -0.0366. The lowest BCUT2D eigenvalue weighted by Crippen LogP contribution is -2.19. The Balaban J connectivity index is 1.85. The maximum atomic E-state index is 6.15. The molecule has 0 aliphatic carbocycles. The molecule has 21 heavy (non-hydrogen) atoms. The molecule has 1 aromatic carbocycles. The van der Waals surface area contributed by atoms with Gasteiger partial charge in [0.25, 0.3) is 0 Å². The molecule has 0 radical (unpaired) electrons. The van der Waals surface area contributed by atoms with Crippen LogP contribution in [0.15, 0.2) is 24.7 Å². The van der Waals surface area contributed by atoms with Crippen molar-refractivity contribution in [3.8, 4) is 11.4 Å². The fourth-order valence-electron chi connectivity index (χ4n) is 2.80. The van der Waals surface area contributed by atoms with Gasteiger partial charge in [-0.3, -0.25) is 5.10 Å². The fraction of sp³-hybridized carbons (Fsp3) is 0.357. The molecule has 2 aromatic heterocycles. The van der Waals surface area contributed by atoms with Crippen molar-refractivity contribution in [3.63, 3.8) is 0 Å². The van der Waals surface area contributed by atoms with Gasteiger partial charge in [-0.2, -0.15) is 10.2 Å². The first-order valence-corrected chi connectivity index (χ1v) is 7.07. The summed E-state index contributed by atoms with van der Waals surface area (Å²) in [4.78, 5) is 4.18. The number of rotatable bonds is 2. The van der Waals surface area contributed by atoms with Crippen LogP contribution in [0.4, 0.5) is 5.69 Å². The molecule has 0 saturated carbocycles. The van der Waals surface area contributed by atoms with E-state index >= 15 is 0 Å². The molecule has 3 N–H and O–H groups in total. The van der Waals surface area contributed by atoms with E-state index in [1.54, 1.807) is 6.20 Å². The van der Waals surface area contributed by atoms with Crippen LogP contribution in [0, 0.1) is 0 Å². The van der Waals surface area contributed by atoms with Gasteiger partial charge in [0.15, 0.2) is 12.1 Å². The van der Waals surface area contributed by atoms with Gasteiger partial charge in [-0.25, -0.2) is 9.67 Å². The average molecular weight is 284 g/mol. The van der Waals surface area contributed by atoms with Crippen molar-refractivity contribution in [1.29, 1.82) is 0 Å². The smallest absolute Gasteiger partial charge is 0.155 e. The minimum absolute atomic E-state index is 0.0133. The molecular formula is C14H16N6O. The lowest BCUT2D eigenvalue weighted by atomic mass is 10.1. The summed E-state index contributed by atoms with van der Waals surface area (Å²) in [5.41, 5.74) is 8.70. The maximum absolute atomic E-state index is 6.15. The summed E-state index contributed by atoms with van der Waals surface area (Å²) in [5.74, 6) is 0.695. The molecule has 7 nitrogen and oxygen atoms in total. The zero-order chi connectivity index (χ0) is 14.2. The molecule has 1 atom stereocenters. The van der Waals surface area contributed by atoms with Crippen LogP contribution >= 0.6 is 0 Å². The summed E-state index contributed by atoms with van der Waals surface area (Å²) in [7, 11) is 0. The molecular weight excluding hydrogens is 268 g/mol. The van der Waals surface area contributed by atoms with E-state index in [9.17, 15) is 0 Å². The Hall–Kier alpha value is -2.41. The second-order valence-corrected chi connectivity index (χ2v) is 5.24. The van der Waals surface area contributed by atoms with Gasteiger partial charge in [0.05, 0.1) is 11.7 Å². The number of nitrogens with two attached hydrogens (primary N) is 1. The number of hydrogen-bond acceptors (Lipinski definition) is 5. The number of benzene rings is 1. The highest BCUT2D eigenvalue weighted by Crippen LogP contribution is 2.31. The summed E-state index contributed by atoms with van der Waals surface area (Å²) in [5, 5.41) is 12.1. The minimum Gasteiger partial charge on any atom is -0.398 e. The molecule has 0 amide bonds. The largest absolute Gasteiger partial charge is 0.398 e. The van der Waals surface area contributed by atoms with Crippen LogP contribution < -0.4 is 5.73 Å². The molecule has 0 bridgehead atoms. The molecule has 3 aromatic rings. The predicted molar refractivity (Wildman–Crippen MR) is 78.4 cm³/mol. The molecule has 1 aliphatic heterocycles. The highest BCUT2D eigenvalue weighted by molar-refractivity contribution is 5.94. The van der Waals surface area contributed by atoms with Crippen molar-refractivity contribution < 1.29 is 4.74 Å². The quantitative estimate of drug-likeness (QED) is 0.703. The van der Waals surface area contributed by atoms with E-state index in [0.717, 1.165) is 42.3 Å². The Morgan fingerprint density at radius 1 is 1.33 bits per heavy atom. The number of hydrogen-bond donors (Lipinski definition) is 2. The minimum atomic E-state index is -0.0133. The van der Waals surface area contributed by atoms with Crippen LogP contribution in [0.2, 0.25) is 0 Å². The van der Waals surface area contributed by atoms with Gasteiger partial charge in [0.1, 0.15) is 6.33 Å². The molecule has 1 unspecified atom stereocenters. The van der Waals surface area contributed by atoms with Crippen molar-refractivity contribution in [2.75, 3.05) is 12.3 Å². The van der Waals surface area contributed by atoms with Crippen LogP contribution in [0.25, 0.3) is 22.3 Å². The van der Waals surface area contributed by atoms with Gasteiger partial charge in [0, 0.05) is 23.2 Å². The highest BCUT2D eigenvalue weighted by Gasteiger charge is 2.20. The first-order chi connectivity index (χ1) is 10.3. The Bertz CT molecular complexity index is 757. The van der Waals surface area contributed by atoms with E-state index in [-0.39, 0.29) is 6.23 Å². The van der Waals surface area contributed by atoms with Crippen LogP contribution in [0.1, 0.15) is 25.5 Å². The summed E-state index contributed by atoms with van der Waals surface area (Å²) in [6, 6.07) is 3.91. The molecule has 1 fully saturated rings. The Morgan fingerprint density at radius 3 is 3.05 bits per heavy atom. The molecule has 1 saturated heterocycles. The summed E-state index contributed by atoms with van der Waals surface area (Å²) < 4.78 is 7.75. The van der Waals surface area contributed by atoms with Gasteiger partial charge in [-0.15, -0.1) is 0 Å². The second kappa shape index (κ2) is 4.85. The van der Waals surface area contributed by atoms with E-state index in [2.05, 4.69) is 20.3 Å². The number of nitrogens with zero attached hydrogens (tertiary/aromatic N) is 4. The first kappa shape index (κ1) is 12.3. The fourth-order valence-corrected chi connectivity index (χ4v) is 2.80. The van der Waals surface area contributed by atoms with Gasteiger partial charge in [-0.05, 0) is 31.4 Å². The number of anilines is 1. The molecule has 0 spiro atoms. The summed E-state index contributed by atoms with van der Waals surface area (Å²) in [6.45, 7) is 0.781. The number of nitrogen functional groups attached to an aromatic ring is 1. The van der Waals surface area contributed by atoms with E-state index in [1.807, 2.05) is 16.8 Å². The number of H-pyrrole nitrogens is 1. The van der Waals surface area contributed by atoms with E-state index in [4.69, 9.17) is 10.5 Å².